The molecule has 0 aliphatic rings. The minimum atomic E-state index is -2.91. The maximum atomic E-state index is 11.3. The van der Waals surface area contributed by atoms with Crippen molar-refractivity contribution in [3.63, 3.8) is 0 Å². The topological polar surface area (TPSA) is 52.0 Å². The molecular formula is C10H17ClN2O2S. The third kappa shape index (κ3) is 4.53. The Morgan fingerprint density at radius 3 is 2.88 bits per heavy atom. The number of nitrogens with zero attached hydrogens (tertiary/aromatic N) is 2. The first-order chi connectivity index (χ1) is 7.57. The highest BCUT2D eigenvalue weighted by Crippen LogP contribution is 2.03. The molecule has 0 saturated heterocycles. The summed E-state index contributed by atoms with van der Waals surface area (Å²) in [6.45, 7) is 2.08. The number of aromatic nitrogens is 2. The van der Waals surface area contributed by atoms with Gasteiger partial charge in [0.25, 0.3) is 0 Å². The summed E-state index contributed by atoms with van der Waals surface area (Å²) in [6, 6.07) is 0. The first-order valence-corrected chi connectivity index (χ1v) is 7.70. The van der Waals surface area contributed by atoms with Gasteiger partial charge in [0.05, 0.1) is 18.5 Å². The normalized spacial score (nSPS) is 11.9. The monoisotopic (exact) mass is 264 g/mol. The van der Waals surface area contributed by atoms with E-state index in [0.29, 0.717) is 12.4 Å². The van der Waals surface area contributed by atoms with Gasteiger partial charge < -0.3 is 0 Å². The van der Waals surface area contributed by atoms with Crippen molar-refractivity contribution in [2.24, 2.45) is 0 Å². The molecule has 0 radical (unpaired) electrons. The smallest absolute Gasteiger partial charge is 0.151 e. The lowest BCUT2D eigenvalue weighted by molar-refractivity contribution is 0.581. The molecule has 0 spiro atoms. The summed E-state index contributed by atoms with van der Waals surface area (Å²) in [7, 11) is -2.91. The van der Waals surface area contributed by atoms with Crippen molar-refractivity contribution in [3.05, 3.63) is 18.0 Å². The molecule has 1 aromatic heterocycles. The second-order valence-corrected chi connectivity index (χ2v) is 6.49. The highest BCUT2D eigenvalue weighted by atomic mass is 35.5. The van der Waals surface area contributed by atoms with E-state index in [4.69, 9.17) is 11.6 Å². The predicted molar refractivity (Wildman–Crippen MR) is 65.6 cm³/mol. The summed E-state index contributed by atoms with van der Waals surface area (Å²) < 4.78 is 24.3. The van der Waals surface area contributed by atoms with E-state index < -0.39 is 9.84 Å². The van der Waals surface area contributed by atoms with E-state index in [2.05, 4.69) is 5.10 Å². The molecule has 0 bridgehead atoms. The van der Waals surface area contributed by atoms with Crippen molar-refractivity contribution in [2.75, 3.05) is 17.4 Å². The first kappa shape index (κ1) is 13.5. The molecule has 16 heavy (non-hydrogen) atoms. The van der Waals surface area contributed by atoms with Crippen LogP contribution in [0.5, 0.6) is 0 Å². The van der Waals surface area contributed by atoms with E-state index in [0.717, 1.165) is 18.4 Å². The van der Waals surface area contributed by atoms with E-state index in [1.165, 1.54) is 0 Å². The van der Waals surface area contributed by atoms with E-state index in [-0.39, 0.29) is 11.5 Å². The second kappa shape index (κ2) is 6.25. The first-order valence-electron chi connectivity index (χ1n) is 5.35. The van der Waals surface area contributed by atoms with Gasteiger partial charge in [-0.2, -0.15) is 5.10 Å². The molecule has 6 heteroatoms. The fraction of sp³-hybridized carbons (Fsp3) is 0.700. The molecule has 0 fully saturated rings. The summed E-state index contributed by atoms with van der Waals surface area (Å²) in [5.74, 6) is 0.975. The van der Waals surface area contributed by atoms with Gasteiger partial charge in [-0.05, 0) is 18.4 Å². The fourth-order valence-electron chi connectivity index (χ4n) is 1.31. The van der Waals surface area contributed by atoms with Crippen LogP contribution in [-0.4, -0.2) is 35.6 Å². The van der Waals surface area contributed by atoms with E-state index in [1.807, 2.05) is 6.20 Å². The number of aryl methyl sites for hydroxylation is 2. The van der Waals surface area contributed by atoms with Crippen LogP contribution in [0.15, 0.2) is 12.4 Å². The van der Waals surface area contributed by atoms with Crippen LogP contribution in [0.3, 0.4) is 0 Å². The van der Waals surface area contributed by atoms with Crippen LogP contribution in [0.25, 0.3) is 0 Å². The molecule has 0 aromatic carbocycles. The molecule has 0 aliphatic carbocycles. The van der Waals surface area contributed by atoms with Gasteiger partial charge in [0.1, 0.15) is 0 Å². The third-order valence-electron chi connectivity index (χ3n) is 2.36. The Kier molecular flexibility index (Phi) is 5.28. The molecule has 1 rings (SSSR count). The van der Waals surface area contributed by atoms with Gasteiger partial charge in [-0.25, -0.2) is 8.42 Å². The second-order valence-electron chi connectivity index (χ2n) is 3.64. The Morgan fingerprint density at radius 2 is 2.25 bits per heavy atom. The van der Waals surface area contributed by atoms with E-state index in [1.54, 1.807) is 17.8 Å². The van der Waals surface area contributed by atoms with Gasteiger partial charge in [0.15, 0.2) is 9.84 Å². The van der Waals surface area contributed by atoms with Gasteiger partial charge in [0.2, 0.25) is 0 Å². The fourth-order valence-corrected chi connectivity index (χ4v) is 2.19. The van der Waals surface area contributed by atoms with E-state index in [9.17, 15) is 8.42 Å². The van der Waals surface area contributed by atoms with Gasteiger partial charge in [-0.15, -0.1) is 11.6 Å². The molecule has 4 nitrogen and oxygen atoms in total. The Bertz CT molecular complexity index is 414. The predicted octanol–water partition coefficient (Wildman–Crippen LogP) is 1.49. The van der Waals surface area contributed by atoms with Gasteiger partial charge in [-0.1, -0.05) is 6.92 Å². The van der Waals surface area contributed by atoms with Crippen molar-refractivity contribution in [2.45, 2.75) is 26.3 Å². The Balaban J connectivity index is 2.46. The van der Waals surface area contributed by atoms with E-state index >= 15 is 0 Å². The summed E-state index contributed by atoms with van der Waals surface area (Å²) in [4.78, 5) is 0. The Labute approximate surface area is 102 Å². The van der Waals surface area contributed by atoms with Gasteiger partial charge >= 0.3 is 0 Å². The largest absolute Gasteiger partial charge is 0.271 e. The average molecular weight is 265 g/mol. The highest BCUT2D eigenvalue weighted by Gasteiger charge is 2.07. The standard InChI is InChI=1S/C10H17ClN2O2S/c1-2-16(14,15)7-6-13-9-10(8-12-13)4-3-5-11/h8-9H,2-7H2,1H3. The Morgan fingerprint density at radius 1 is 1.50 bits per heavy atom. The summed E-state index contributed by atoms with van der Waals surface area (Å²) in [5, 5.41) is 4.12. The molecular weight excluding hydrogens is 248 g/mol. The van der Waals surface area contributed by atoms with Gasteiger partial charge in [-0.3, -0.25) is 4.68 Å². The summed E-state index contributed by atoms with van der Waals surface area (Å²) in [6.07, 6.45) is 5.47. The number of hydrogen-bond donors (Lipinski definition) is 0. The lowest BCUT2D eigenvalue weighted by Gasteiger charge is -2.01. The molecule has 0 unspecified atom stereocenters. The molecule has 0 amide bonds. The number of rotatable bonds is 7. The van der Waals surface area contributed by atoms with Crippen LogP contribution in [0.4, 0.5) is 0 Å². The molecule has 0 aliphatic heterocycles. The minimum Gasteiger partial charge on any atom is -0.271 e. The number of sulfone groups is 1. The number of alkyl halides is 1. The molecule has 92 valence electrons. The number of halogens is 1. The Hall–Kier alpha value is -0.550. The highest BCUT2D eigenvalue weighted by molar-refractivity contribution is 7.91. The van der Waals surface area contributed by atoms with Crippen LogP contribution < -0.4 is 0 Å². The summed E-state index contributed by atoms with van der Waals surface area (Å²) >= 11 is 5.59. The maximum Gasteiger partial charge on any atom is 0.151 e. The molecule has 1 aromatic rings. The van der Waals surface area contributed by atoms with Crippen molar-refractivity contribution in [1.29, 1.82) is 0 Å². The molecule has 0 saturated carbocycles. The third-order valence-corrected chi connectivity index (χ3v) is 4.31. The molecule has 1 heterocycles. The lowest BCUT2D eigenvalue weighted by atomic mass is 10.2. The summed E-state index contributed by atoms with van der Waals surface area (Å²) in [5.41, 5.74) is 1.11. The zero-order valence-corrected chi connectivity index (χ0v) is 11.0. The van der Waals surface area contributed by atoms with Crippen molar-refractivity contribution >= 4 is 21.4 Å². The quantitative estimate of drug-likeness (QED) is 0.701. The molecule has 0 N–H and O–H groups in total. The lowest BCUT2D eigenvalue weighted by Crippen LogP contribution is -2.14. The van der Waals surface area contributed by atoms with Crippen molar-refractivity contribution < 1.29 is 8.42 Å². The maximum absolute atomic E-state index is 11.3. The van der Waals surface area contributed by atoms with Gasteiger partial charge in [0, 0.05) is 17.8 Å². The average Bonchev–Trinajstić information content (AvgIpc) is 2.72. The van der Waals surface area contributed by atoms with Crippen LogP contribution in [-0.2, 0) is 22.8 Å². The minimum absolute atomic E-state index is 0.153. The van der Waals surface area contributed by atoms with Crippen LogP contribution in [0, 0.1) is 0 Å². The SMILES string of the molecule is CCS(=O)(=O)CCn1cc(CCCCl)cn1. The number of hydrogen-bond acceptors (Lipinski definition) is 3. The zero-order valence-electron chi connectivity index (χ0n) is 9.39. The van der Waals surface area contributed by atoms with Crippen LogP contribution in [0.2, 0.25) is 0 Å². The zero-order chi connectivity index (χ0) is 12.0. The van der Waals surface area contributed by atoms with Crippen molar-refractivity contribution in [1.82, 2.24) is 9.78 Å². The molecule has 0 atom stereocenters. The van der Waals surface area contributed by atoms with Crippen molar-refractivity contribution in [3.8, 4) is 0 Å². The van der Waals surface area contributed by atoms with Crippen LogP contribution in [0.1, 0.15) is 18.9 Å². The van der Waals surface area contributed by atoms with Crippen LogP contribution >= 0.6 is 11.6 Å².